The summed E-state index contributed by atoms with van der Waals surface area (Å²) in [6.45, 7) is 0.670. The molecule has 1 aliphatic carbocycles. The van der Waals surface area contributed by atoms with Gasteiger partial charge < -0.3 is 14.2 Å². The molecular formula is C15H24N4O2. The van der Waals surface area contributed by atoms with Gasteiger partial charge in [-0.1, -0.05) is 19.3 Å². The maximum absolute atomic E-state index is 12.9. The van der Waals surface area contributed by atoms with E-state index in [2.05, 4.69) is 10.2 Å². The molecule has 0 radical (unpaired) electrons. The minimum Gasteiger partial charge on any atom is -0.380 e. The monoisotopic (exact) mass is 292 g/mol. The summed E-state index contributed by atoms with van der Waals surface area (Å²) in [6, 6.07) is -0.00289. The van der Waals surface area contributed by atoms with Gasteiger partial charge in [0.2, 0.25) is 5.91 Å². The van der Waals surface area contributed by atoms with E-state index in [1.807, 2.05) is 16.5 Å². The van der Waals surface area contributed by atoms with E-state index in [1.54, 1.807) is 13.4 Å². The highest BCUT2D eigenvalue weighted by atomic mass is 16.5. The largest absolute Gasteiger partial charge is 0.380 e. The van der Waals surface area contributed by atoms with Crippen LogP contribution >= 0.6 is 0 Å². The number of ether oxygens (including phenoxy) is 1. The molecule has 0 unspecified atom stereocenters. The second-order valence-corrected chi connectivity index (χ2v) is 6.23. The van der Waals surface area contributed by atoms with E-state index in [4.69, 9.17) is 4.74 Å². The van der Waals surface area contributed by atoms with Gasteiger partial charge in [0, 0.05) is 33.0 Å². The Balaban J connectivity index is 1.80. The summed E-state index contributed by atoms with van der Waals surface area (Å²) >= 11 is 0. The third-order valence-corrected chi connectivity index (χ3v) is 4.88. The molecule has 21 heavy (non-hydrogen) atoms. The summed E-state index contributed by atoms with van der Waals surface area (Å²) in [7, 11) is 3.64. The summed E-state index contributed by atoms with van der Waals surface area (Å²) in [6.07, 6.45) is 8.26. The number of rotatable bonds is 3. The molecule has 0 aromatic carbocycles. The fraction of sp³-hybridized carbons (Fsp3) is 0.800. The number of likely N-dealkylation sites (tertiary alicyclic amines) is 1. The zero-order chi connectivity index (χ0) is 14.8. The highest BCUT2D eigenvalue weighted by molar-refractivity contribution is 5.79. The van der Waals surface area contributed by atoms with Crippen molar-refractivity contribution in [2.24, 2.45) is 13.0 Å². The van der Waals surface area contributed by atoms with E-state index >= 15 is 0 Å². The zero-order valence-electron chi connectivity index (χ0n) is 12.9. The van der Waals surface area contributed by atoms with Crippen molar-refractivity contribution >= 4 is 5.91 Å². The van der Waals surface area contributed by atoms with Gasteiger partial charge in [0.15, 0.2) is 5.82 Å². The molecule has 1 aromatic rings. The molecule has 1 saturated carbocycles. The topological polar surface area (TPSA) is 60.3 Å². The minimum absolute atomic E-state index is 0.00289. The first-order valence-electron chi connectivity index (χ1n) is 7.88. The molecule has 2 heterocycles. The lowest BCUT2D eigenvalue weighted by Gasteiger charge is -2.29. The first-order valence-corrected chi connectivity index (χ1v) is 7.88. The number of amides is 1. The Morgan fingerprint density at radius 3 is 2.71 bits per heavy atom. The van der Waals surface area contributed by atoms with Gasteiger partial charge in [-0.15, -0.1) is 10.2 Å². The van der Waals surface area contributed by atoms with Crippen LogP contribution in [0, 0.1) is 5.92 Å². The molecule has 1 aromatic heterocycles. The van der Waals surface area contributed by atoms with Gasteiger partial charge >= 0.3 is 0 Å². The molecule has 3 rings (SSSR count). The first kappa shape index (κ1) is 14.5. The van der Waals surface area contributed by atoms with Crippen molar-refractivity contribution < 1.29 is 9.53 Å². The van der Waals surface area contributed by atoms with Crippen molar-refractivity contribution in [3.63, 3.8) is 0 Å². The van der Waals surface area contributed by atoms with Crippen LogP contribution in [-0.4, -0.2) is 45.3 Å². The molecule has 1 saturated heterocycles. The van der Waals surface area contributed by atoms with Crippen LogP contribution in [0.15, 0.2) is 6.33 Å². The number of aryl methyl sites for hydroxylation is 1. The summed E-state index contributed by atoms with van der Waals surface area (Å²) in [5.74, 6) is 1.33. The molecule has 2 fully saturated rings. The fourth-order valence-corrected chi connectivity index (χ4v) is 3.63. The van der Waals surface area contributed by atoms with E-state index in [-0.39, 0.29) is 24.0 Å². The number of methoxy groups -OCH3 is 1. The van der Waals surface area contributed by atoms with Gasteiger partial charge in [-0.25, -0.2) is 0 Å². The summed E-state index contributed by atoms with van der Waals surface area (Å²) in [5.41, 5.74) is 0. The van der Waals surface area contributed by atoms with Gasteiger partial charge in [-0.3, -0.25) is 4.79 Å². The Morgan fingerprint density at radius 1 is 1.33 bits per heavy atom. The molecule has 0 bridgehead atoms. The second-order valence-electron chi connectivity index (χ2n) is 6.23. The average molecular weight is 292 g/mol. The molecule has 6 nitrogen and oxygen atoms in total. The van der Waals surface area contributed by atoms with Crippen molar-refractivity contribution in [2.45, 2.75) is 50.7 Å². The van der Waals surface area contributed by atoms with Crippen LogP contribution in [-0.2, 0) is 16.6 Å². The highest BCUT2D eigenvalue weighted by Gasteiger charge is 2.40. The Hall–Kier alpha value is -1.43. The summed E-state index contributed by atoms with van der Waals surface area (Å²) < 4.78 is 7.40. The van der Waals surface area contributed by atoms with E-state index < -0.39 is 0 Å². The van der Waals surface area contributed by atoms with Crippen molar-refractivity contribution in [3.05, 3.63) is 12.2 Å². The number of nitrogens with zero attached hydrogens (tertiary/aromatic N) is 4. The van der Waals surface area contributed by atoms with Crippen molar-refractivity contribution in [2.75, 3.05) is 13.7 Å². The molecule has 116 valence electrons. The minimum atomic E-state index is -0.00289. The van der Waals surface area contributed by atoms with Crippen LogP contribution < -0.4 is 0 Å². The highest BCUT2D eigenvalue weighted by Crippen LogP contribution is 2.35. The van der Waals surface area contributed by atoms with Crippen LogP contribution in [0.5, 0.6) is 0 Å². The van der Waals surface area contributed by atoms with Gasteiger partial charge in [-0.05, 0) is 12.8 Å². The maximum atomic E-state index is 12.9. The van der Waals surface area contributed by atoms with Crippen LogP contribution in [0.1, 0.15) is 50.4 Å². The van der Waals surface area contributed by atoms with Crippen molar-refractivity contribution in [1.29, 1.82) is 0 Å². The molecule has 6 heteroatoms. The standard InChI is InChI=1S/C15H24N4O2/c1-18-10-16-17-14(18)13-8-12(21-2)9-19(13)15(20)11-6-4-3-5-7-11/h10-13H,3-9H2,1-2H3/t12-,13+/m1/s1. The Labute approximate surface area is 125 Å². The average Bonchev–Trinajstić information content (AvgIpc) is 3.13. The van der Waals surface area contributed by atoms with Gasteiger partial charge in [0.1, 0.15) is 6.33 Å². The number of hydrogen-bond acceptors (Lipinski definition) is 4. The summed E-state index contributed by atoms with van der Waals surface area (Å²) in [5, 5.41) is 8.17. The van der Waals surface area contributed by atoms with E-state index in [0.717, 1.165) is 25.1 Å². The lowest BCUT2D eigenvalue weighted by atomic mass is 9.88. The van der Waals surface area contributed by atoms with Crippen LogP contribution in [0.2, 0.25) is 0 Å². The van der Waals surface area contributed by atoms with Gasteiger partial charge in [0.25, 0.3) is 0 Å². The molecule has 0 N–H and O–H groups in total. The normalized spacial score (nSPS) is 27.2. The Morgan fingerprint density at radius 2 is 2.10 bits per heavy atom. The molecular weight excluding hydrogens is 268 g/mol. The Kier molecular flexibility index (Phi) is 4.24. The van der Waals surface area contributed by atoms with E-state index in [1.165, 1.54) is 19.3 Å². The van der Waals surface area contributed by atoms with Crippen LogP contribution in [0.3, 0.4) is 0 Å². The van der Waals surface area contributed by atoms with Crippen molar-refractivity contribution in [1.82, 2.24) is 19.7 Å². The maximum Gasteiger partial charge on any atom is 0.226 e. The van der Waals surface area contributed by atoms with Crippen molar-refractivity contribution in [3.8, 4) is 0 Å². The lowest BCUT2D eigenvalue weighted by molar-refractivity contribution is -0.138. The Bertz CT molecular complexity index is 496. The first-order chi connectivity index (χ1) is 10.2. The zero-order valence-corrected chi connectivity index (χ0v) is 12.9. The van der Waals surface area contributed by atoms with E-state index in [9.17, 15) is 4.79 Å². The molecule has 2 atom stereocenters. The SMILES string of the molecule is CO[C@@H]1C[C@@H](c2nncn2C)N(C(=O)C2CCCCC2)C1. The second kappa shape index (κ2) is 6.13. The molecule has 1 aliphatic heterocycles. The lowest BCUT2D eigenvalue weighted by Crippen LogP contribution is -2.38. The number of carbonyl (C=O) groups excluding carboxylic acids is 1. The van der Waals surface area contributed by atoms with Gasteiger partial charge in [0.05, 0.1) is 12.1 Å². The quantitative estimate of drug-likeness (QED) is 0.850. The van der Waals surface area contributed by atoms with Crippen LogP contribution in [0.25, 0.3) is 0 Å². The number of aromatic nitrogens is 3. The smallest absolute Gasteiger partial charge is 0.226 e. The predicted octanol–water partition coefficient (Wildman–Crippen LogP) is 1.68. The predicted molar refractivity (Wildman–Crippen MR) is 77.4 cm³/mol. The number of carbonyl (C=O) groups is 1. The van der Waals surface area contributed by atoms with Gasteiger partial charge in [-0.2, -0.15) is 0 Å². The third kappa shape index (κ3) is 2.81. The fourth-order valence-electron chi connectivity index (χ4n) is 3.63. The number of hydrogen-bond donors (Lipinski definition) is 0. The molecule has 0 spiro atoms. The summed E-state index contributed by atoms with van der Waals surface area (Å²) in [4.78, 5) is 14.9. The van der Waals surface area contributed by atoms with Crippen LogP contribution in [0.4, 0.5) is 0 Å². The third-order valence-electron chi connectivity index (χ3n) is 4.88. The van der Waals surface area contributed by atoms with E-state index in [0.29, 0.717) is 6.54 Å². The molecule has 2 aliphatic rings. The molecule has 1 amide bonds.